The van der Waals surface area contributed by atoms with Crippen molar-refractivity contribution in [3.8, 4) is 0 Å². The van der Waals surface area contributed by atoms with Crippen LogP contribution < -0.4 is 0 Å². The van der Waals surface area contributed by atoms with Crippen molar-refractivity contribution in [3.05, 3.63) is 59.7 Å². The van der Waals surface area contributed by atoms with Crippen molar-refractivity contribution in [1.29, 1.82) is 0 Å². The number of aliphatic hydroxyl groups excluding tert-OH is 1. The van der Waals surface area contributed by atoms with Crippen molar-refractivity contribution in [2.75, 3.05) is 0 Å². The van der Waals surface area contributed by atoms with Crippen molar-refractivity contribution < 1.29 is 48.3 Å². The Hall–Kier alpha value is -3.50. The Kier molecular flexibility index (Phi) is 10.6. The van der Waals surface area contributed by atoms with Crippen molar-refractivity contribution in [3.63, 3.8) is 0 Å². The molecule has 2 aliphatic rings. The zero-order valence-electron chi connectivity index (χ0n) is 26.1. The minimum absolute atomic E-state index is 0.118. The van der Waals surface area contributed by atoms with Gasteiger partial charge in [-0.25, -0.2) is 4.79 Å². The molecule has 1 saturated carbocycles. The summed E-state index contributed by atoms with van der Waals surface area (Å²) < 4.78 is 23.0. The molecule has 0 aliphatic heterocycles. The first kappa shape index (κ1) is 34.0. The van der Waals surface area contributed by atoms with Gasteiger partial charge < -0.3 is 29.2 Å². The van der Waals surface area contributed by atoms with Crippen LogP contribution in [0.2, 0.25) is 0 Å². The van der Waals surface area contributed by atoms with Crippen LogP contribution in [-0.2, 0) is 33.3 Å². The van der Waals surface area contributed by atoms with Crippen LogP contribution in [0.4, 0.5) is 0 Å². The smallest absolute Gasteiger partial charge is 0.338 e. The molecule has 0 aromatic heterocycles. The zero-order chi connectivity index (χ0) is 32.3. The van der Waals surface area contributed by atoms with Gasteiger partial charge in [-0.1, -0.05) is 64.1 Å². The Balaban J connectivity index is 2.23. The number of hydrogen-bond acceptors (Lipinski definition) is 10. The molecule has 0 saturated heterocycles. The van der Waals surface area contributed by atoms with Crippen LogP contribution in [0.5, 0.6) is 0 Å². The maximum absolute atomic E-state index is 13.2. The van der Waals surface area contributed by atoms with E-state index in [4.69, 9.17) is 18.9 Å². The maximum atomic E-state index is 13.2. The quantitative estimate of drug-likeness (QED) is 0.290. The van der Waals surface area contributed by atoms with E-state index in [0.29, 0.717) is 5.56 Å². The molecule has 9 atom stereocenters. The molecule has 2 aliphatic carbocycles. The van der Waals surface area contributed by atoms with Gasteiger partial charge in [0.2, 0.25) is 0 Å². The number of ether oxygens (including phenoxy) is 4. The molecule has 43 heavy (non-hydrogen) atoms. The van der Waals surface area contributed by atoms with Crippen LogP contribution in [-0.4, -0.2) is 70.2 Å². The van der Waals surface area contributed by atoms with Crippen molar-refractivity contribution >= 4 is 23.9 Å². The lowest BCUT2D eigenvalue weighted by Crippen LogP contribution is -2.53. The molecule has 10 heteroatoms. The molecule has 1 aromatic rings. The van der Waals surface area contributed by atoms with Crippen LogP contribution in [0, 0.1) is 23.2 Å². The minimum atomic E-state index is -1.72. The fourth-order valence-electron chi connectivity index (χ4n) is 6.29. The fourth-order valence-corrected chi connectivity index (χ4v) is 6.29. The molecule has 236 valence electrons. The Morgan fingerprint density at radius 1 is 0.837 bits per heavy atom. The molecule has 1 aromatic carbocycles. The number of rotatable bonds is 5. The van der Waals surface area contributed by atoms with Crippen molar-refractivity contribution in [2.24, 2.45) is 23.2 Å². The standard InChI is InChI=1S/C33H44O10/c1-18-14-15-32(7,8)30(42-23(6)36)28(40-21(4)34)26(37)19(2)16-25-27(43-31(38)24-12-10-9-11-13-24)20(3)17-33(25,39)29(18)41-22(5)35/h9-16,18,20,25-30,37,39H,17H2,1-8H3/b15-14+,19-16+/t18-,20-,25-,26-,27-,28-,29-,30+,33+/m0/s1. The van der Waals surface area contributed by atoms with Gasteiger partial charge in [0.25, 0.3) is 0 Å². The Labute approximate surface area is 253 Å². The van der Waals surface area contributed by atoms with E-state index in [1.54, 1.807) is 76.3 Å². The van der Waals surface area contributed by atoms with Gasteiger partial charge in [0.05, 0.1) is 5.56 Å². The second-order valence-corrected chi connectivity index (χ2v) is 12.5. The van der Waals surface area contributed by atoms with Crippen LogP contribution in [0.1, 0.15) is 72.2 Å². The third-order valence-corrected chi connectivity index (χ3v) is 8.33. The molecular formula is C33H44O10. The summed E-state index contributed by atoms with van der Waals surface area (Å²) >= 11 is 0. The highest BCUT2D eigenvalue weighted by atomic mass is 16.6. The van der Waals surface area contributed by atoms with Crippen LogP contribution in [0.15, 0.2) is 54.1 Å². The Morgan fingerprint density at radius 3 is 1.95 bits per heavy atom. The van der Waals surface area contributed by atoms with E-state index in [2.05, 4.69) is 0 Å². The van der Waals surface area contributed by atoms with Gasteiger partial charge in [-0.05, 0) is 37.0 Å². The first-order valence-corrected chi connectivity index (χ1v) is 14.5. The van der Waals surface area contributed by atoms with Gasteiger partial charge >= 0.3 is 23.9 Å². The highest BCUT2D eigenvalue weighted by Gasteiger charge is 2.59. The molecular weight excluding hydrogens is 556 g/mol. The molecule has 1 fully saturated rings. The van der Waals surface area contributed by atoms with Gasteiger partial charge in [0.1, 0.15) is 30.0 Å². The summed E-state index contributed by atoms with van der Waals surface area (Å²) in [4.78, 5) is 49.9. The van der Waals surface area contributed by atoms with Crippen LogP contribution in [0.3, 0.4) is 0 Å². The summed E-state index contributed by atoms with van der Waals surface area (Å²) in [6, 6.07) is 8.44. The molecule has 0 bridgehead atoms. The third-order valence-electron chi connectivity index (χ3n) is 8.33. The second kappa shape index (κ2) is 13.4. The number of fused-ring (bicyclic) bond motifs is 1. The fraction of sp³-hybridized carbons (Fsp3) is 0.576. The van der Waals surface area contributed by atoms with Crippen LogP contribution >= 0.6 is 0 Å². The summed E-state index contributed by atoms with van der Waals surface area (Å²) in [5, 5.41) is 24.1. The number of aliphatic hydroxyl groups is 2. The molecule has 10 nitrogen and oxygen atoms in total. The highest BCUT2D eigenvalue weighted by molar-refractivity contribution is 5.89. The van der Waals surface area contributed by atoms with Gasteiger partial charge in [-0.2, -0.15) is 0 Å². The summed E-state index contributed by atoms with van der Waals surface area (Å²) in [6.07, 6.45) is -0.670. The minimum Gasteiger partial charge on any atom is -0.459 e. The number of benzene rings is 1. The monoisotopic (exact) mass is 600 g/mol. The van der Waals surface area contributed by atoms with E-state index in [1.807, 2.05) is 6.92 Å². The lowest BCUT2D eigenvalue weighted by Gasteiger charge is -2.42. The van der Waals surface area contributed by atoms with Gasteiger partial charge in [0.15, 0.2) is 6.10 Å². The van der Waals surface area contributed by atoms with Gasteiger partial charge in [-0.3, -0.25) is 14.4 Å². The van der Waals surface area contributed by atoms with E-state index < -0.39 is 77.2 Å². The number of carbonyl (C=O) groups is 4. The van der Waals surface area contributed by atoms with E-state index in [1.165, 1.54) is 20.8 Å². The van der Waals surface area contributed by atoms with Gasteiger partial charge in [-0.15, -0.1) is 0 Å². The lowest BCUT2D eigenvalue weighted by molar-refractivity contribution is -0.181. The Morgan fingerprint density at radius 2 is 1.40 bits per heavy atom. The summed E-state index contributed by atoms with van der Waals surface area (Å²) in [7, 11) is 0. The van der Waals surface area contributed by atoms with E-state index in [0.717, 1.165) is 0 Å². The first-order valence-electron chi connectivity index (χ1n) is 14.5. The van der Waals surface area contributed by atoms with Crippen molar-refractivity contribution in [2.45, 2.75) is 97.9 Å². The van der Waals surface area contributed by atoms with E-state index in [9.17, 15) is 29.4 Å². The second-order valence-electron chi connectivity index (χ2n) is 12.5. The predicted molar refractivity (Wildman–Crippen MR) is 156 cm³/mol. The number of hydrogen-bond donors (Lipinski definition) is 2. The lowest BCUT2D eigenvalue weighted by atomic mass is 9.74. The molecule has 3 rings (SSSR count). The average Bonchev–Trinajstić information content (AvgIpc) is 3.15. The summed E-state index contributed by atoms with van der Waals surface area (Å²) in [5.41, 5.74) is -2.10. The highest BCUT2D eigenvalue weighted by Crippen LogP contribution is 2.48. The number of carbonyl (C=O) groups excluding carboxylic acids is 4. The molecule has 0 amide bonds. The maximum Gasteiger partial charge on any atom is 0.338 e. The molecule has 2 N–H and O–H groups in total. The Bertz CT molecular complexity index is 1250. The SMILES string of the molecule is CC(=O)O[C@@H]1[C@@H](OC(C)=O)C(C)(C)/C=C/[C@H](C)[C@H](OC(C)=O)[C@@]2(O)C[C@H](C)[C@H](OC(=O)c3ccccc3)[C@@H]2/C=C(\C)[C@@H]1O. The van der Waals surface area contributed by atoms with Crippen molar-refractivity contribution in [1.82, 2.24) is 0 Å². The normalized spacial score (nSPS) is 35.9. The van der Waals surface area contributed by atoms with Crippen LogP contribution in [0.25, 0.3) is 0 Å². The van der Waals surface area contributed by atoms with Gasteiger partial charge in [0, 0.05) is 38.0 Å². The third kappa shape index (κ3) is 7.72. The summed E-state index contributed by atoms with van der Waals surface area (Å²) in [6.45, 7) is 12.4. The predicted octanol–water partition coefficient (Wildman–Crippen LogP) is 3.93. The average molecular weight is 601 g/mol. The molecule has 0 spiro atoms. The molecule has 0 unspecified atom stereocenters. The largest absolute Gasteiger partial charge is 0.459 e. The topological polar surface area (TPSA) is 146 Å². The van der Waals surface area contributed by atoms with E-state index >= 15 is 0 Å². The molecule has 0 radical (unpaired) electrons. The first-order chi connectivity index (χ1) is 20.0. The molecule has 0 heterocycles. The van der Waals surface area contributed by atoms with E-state index in [-0.39, 0.29) is 17.9 Å². The summed E-state index contributed by atoms with van der Waals surface area (Å²) in [5.74, 6) is -4.40. The zero-order valence-corrected chi connectivity index (χ0v) is 26.1. The number of esters is 4.